The minimum Gasteiger partial charge on any atom is -0.456 e. The number of nitrogens with one attached hydrogen (secondary N) is 4. The molecule has 3 aliphatic rings. The lowest BCUT2D eigenvalue weighted by molar-refractivity contribution is 0.659. The molecule has 0 atom stereocenters. The molecule has 0 unspecified atom stereocenters. The number of furan rings is 2. The summed E-state index contributed by atoms with van der Waals surface area (Å²) in [5, 5.41) is 26.8. The van der Waals surface area contributed by atoms with Crippen molar-refractivity contribution in [1.82, 2.24) is 0 Å². The van der Waals surface area contributed by atoms with Gasteiger partial charge >= 0.3 is 0 Å². The van der Waals surface area contributed by atoms with E-state index in [1.807, 2.05) is 114 Å². The first-order valence-corrected chi connectivity index (χ1v) is 48.9. The maximum absolute atomic E-state index is 5.93. The standard InChI is InChI=1S/C31H21N.C22H15NS.C22H20.C19H14O.C18H13NO.C18H13NS/c1-2-11-21(12-3-1)32-29-20-10-19-28-30(29)24-15-6-9-18-27(24)31(28)25-16-7-4-13-22(25)23-14-5-8-17-26(23)31;1-2-8-16(9-3-1)23-20-12-6-11-18-19-14-13-15-7-4-5-10-17(15)21(19)24-22(18)20;1-22(2)20-11-7-6-10-18(20)19-13-12-17(15-21(19)22)14-16-8-4-3-5-9-16;1-2-6-14(7-3-1)12-15-10-11-17-16-8-4-5-9-18(16)20-19(17)13-15;2*1-2-6-13(7-3-1)19-14-10-11-18-16(12-14)15-8-4-5-9-17(15)20-18/h1-20,32H;1-14,23H;3-13,15H,14H2,1-2H3;1-11,13H,12H2;2*1-12,19H. The number of fused-ring (bicyclic) bond motifs is 27. The zero-order valence-corrected chi connectivity index (χ0v) is 78.0. The molecule has 8 heteroatoms. The van der Waals surface area contributed by atoms with Crippen molar-refractivity contribution in [1.29, 1.82) is 0 Å². The molecule has 4 aromatic heterocycles. The largest absolute Gasteiger partial charge is 0.456 e. The van der Waals surface area contributed by atoms with Gasteiger partial charge in [0.25, 0.3) is 0 Å². The number of benzene rings is 21. The van der Waals surface area contributed by atoms with Crippen LogP contribution in [0.25, 0.3) is 128 Å². The zero-order chi connectivity index (χ0) is 92.3. The van der Waals surface area contributed by atoms with E-state index in [1.54, 1.807) is 0 Å². The highest BCUT2D eigenvalue weighted by molar-refractivity contribution is 7.27. The number of thiophene rings is 2. The normalized spacial score (nSPS) is 12.3. The van der Waals surface area contributed by atoms with Crippen molar-refractivity contribution in [3.63, 3.8) is 0 Å². The minimum atomic E-state index is -0.284. The summed E-state index contributed by atoms with van der Waals surface area (Å²) in [5.41, 5.74) is 34.4. The Hall–Kier alpha value is -16.9. The van der Waals surface area contributed by atoms with Gasteiger partial charge in [0, 0.05) is 108 Å². The molecule has 660 valence electrons. The third kappa shape index (κ3) is 16.6. The first kappa shape index (κ1) is 85.3. The number of hydrogen-bond acceptors (Lipinski definition) is 8. The van der Waals surface area contributed by atoms with E-state index >= 15 is 0 Å². The van der Waals surface area contributed by atoms with Crippen molar-refractivity contribution < 1.29 is 8.83 Å². The summed E-state index contributed by atoms with van der Waals surface area (Å²) in [6.07, 6.45) is 1.94. The fourth-order valence-corrected chi connectivity index (χ4v) is 23.0. The van der Waals surface area contributed by atoms with Gasteiger partial charge in [0.1, 0.15) is 22.3 Å². The van der Waals surface area contributed by atoms with Crippen molar-refractivity contribution in [2.45, 2.75) is 37.5 Å². The molecule has 25 aromatic rings. The molecule has 0 aliphatic heterocycles. The molecular formula is C130H96N4O2S2. The van der Waals surface area contributed by atoms with Crippen LogP contribution in [-0.4, -0.2) is 0 Å². The van der Waals surface area contributed by atoms with Crippen molar-refractivity contribution in [3.8, 4) is 33.4 Å². The van der Waals surface area contributed by atoms with Crippen LogP contribution in [0, 0.1) is 0 Å². The molecule has 4 heterocycles. The van der Waals surface area contributed by atoms with Gasteiger partial charge in [-0.1, -0.05) is 390 Å². The molecule has 21 aromatic carbocycles. The molecule has 0 bridgehead atoms. The van der Waals surface area contributed by atoms with E-state index < -0.39 is 0 Å². The van der Waals surface area contributed by atoms with Gasteiger partial charge in [-0.25, -0.2) is 0 Å². The summed E-state index contributed by atoms with van der Waals surface area (Å²) in [7, 11) is 0. The van der Waals surface area contributed by atoms with E-state index in [0.717, 1.165) is 85.8 Å². The highest BCUT2D eigenvalue weighted by Gasteiger charge is 2.52. The van der Waals surface area contributed by atoms with Crippen LogP contribution in [0.5, 0.6) is 0 Å². The van der Waals surface area contributed by atoms with Gasteiger partial charge in [-0.3, -0.25) is 0 Å². The van der Waals surface area contributed by atoms with E-state index in [1.165, 1.54) is 157 Å². The molecular weight excluding hydrogens is 1710 g/mol. The Balaban J connectivity index is 0.0000000936. The second-order valence-electron chi connectivity index (χ2n) is 35.9. The third-order valence-electron chi connectivity index (χ3n) is 27.0. The van der Waals surface area contributed by atoms with Crippen LogP contribution in [0.15, 0.2) is 506 Å². The average Bonchev–Trinajstić information content (AvgIpc) is 1.50. The Morgan fingerprint density at radius 1 is 0.210 bits per heavy atom. The van der Waals surface area contributed by atoms with E-state index in [-0.39, 0.29) is 10.8 Å². The molecule has 6 nitrogen and oxygen atoms in total. The lowest BCUT2D eigenvalue weighted by atomic mass is 9.70. The predicted octanol–water partition coefficient (Wildman–Crippen LogP) is 36.6. The quantitative estimate of drug-likeness (QED) is 0.0977. The summed E-state index contributed by atoms with van der Waals surface area (Å²) >= 11 is 3.72. The molecule has 4 N–H and O–H groups in total. The average molecular weight is 1810 g/mol. The minimum absolute atomic E-state index is 0.0959. The monoisotopic (exact) mass is 1810 g/mol. The Bertz CT molecular complexity index is 8540. The molecule has 28 rings (SSSR count). The van der Waals surface area contributed by atoms with Crippen LogP contribution in [0.2, 0.25) is 0 Å². The van der Waals surface area contributed by atoms with Crippen LogP contribution < -0.4 is 21.3 Å². The molecule has 0 saturated carbocycles. The van der Waals surface area contributed by atoms with Crippen molar-refractivity contribution in [2.75, 3.05) is 21.3 Å². The summed E-state index contributed by atoms with van der Waals surface area (Å²) in [5.74, 6) is 0. The number of para-hydroxylation sites is 6. The molecule has 138 heavy (non-hydrogen) atoms. The highest BCUT2D eigenvalue weighted by atomic mass is 32.1. The molecule has 3 aliphatic carbocycles. The fourth-order valence-electron chi connectivity index (χ4n) is 20.6. The van der Waals surface area contributed by atoms with Crippen molar-refractivity contribution in [2.24, 2.45) is 0 Å². The third-order valence-corrected chi connectivity index (χ3v) is 29.4. The Morgan fingerprint density at radius 2 is 0.609 bits per heavy atom. The van der Waals surface area contributed by atoms with Gasteiger partial charge in [0.2, 0.25) is 0 Å². The molecule has 0 saturated heterocycles. The zero-order valence-electron chi connectivity index (χ0n) is 76.4. The number of anilines is 8. The maximum atomic E-state index is 5.93. The van der Waals surface area contributed by atoms with Crippen LogP contribution in [0.1, 0.15) is 69.5 Å². The smallest absolute Gasteiger partial charge is 0.135 e. The van der Waals surface area contributed by atoms with E-state index in [4.69, 9.17) is 8.83 Å². The fraction of sp³-hybridized carbons (Fsp3) is 0.0462. The summed E-state index contributed by atoms with van der Waals surface area (Å²) in [4.78, 5) is 0. The molecule has 0 radical (unpaired) electrons. The van der Waals surface area contributed by atoms with Crippen molar-refractivity contribution in [3.05, 3.63) is 553 Å². The molecule has 1 spiro atoms. The second-order valence-corrected chi connectivity index (χ2v) is 38.1. The van der Waals surface area contributed by atoms with E-state index in [2.05, 4.69) is 442 Å². The Kier molecular flexibility index (Phi) is 23.2. The number of hydrogen-bond donors (Lipinski definition) is 4. The van der Waals surface area contributed by atoms with Crippen LogP contribution in [0.3, 0.4) is 0 Å². The topological polar surface area (TPSA) is 74.4 Å². The van der Waals surface area contributed by atoms with Gasteiger partial charge < -0.3 is 30.1 Å². The second kappa shape index (κ2) is 37.5. The first-order chi connectivity index (χ1) is 68.1. The predicted molar refractivity (Wildman–Crippen MR) is 588 cm³/mol. The van der Waals surface area contributed by atoms with Gasteiger partial charge in [-0.2, -0.15) is 0 Å². The van der Waals surface area contributed by atoms with Gasteiger partial charge in [-0.05, 0) is 228 Å². The van der Waals surface area contributed by atoms with Crippen LogP contribution in [-0.2, 0) is 23.7 Å². The van der Waals surface area contributed by atoms with E-state index in [0.29, 0.717) is 0 Å². The first-order valence-electron chi connectivity index (χ1n) is 47.2. The summed E-state index contributed by atoms with van der Waals surface area (Å²) in [6.45, 7) is 4.67. The highest BCUT2D eigenvalue weighted by Crippen LogP contribution is 2.64. The summed E-state index contributed by atoms with van der Waals surface area (Å²) < 4.78 is 17.1. The molecule has 0 fully saturated rings. The lowest BCUT2D eigenvalue weighted by Gasteiger charge is -2.30. The Morgan fingerprint density at radius 3 is 1.23 bits per heavy atom. The molecule has 0 amide bonds. The maximum Gasteiger partial charge on any atom is 0.135 e. The lowest BCUT2D eigenvalue weighted by Crippen LogP contribution is -2.25. The van der Waals surface area contributed by atoms with Crippen LogP contribution in [0.4, 0.5) is 45.5 Å². The summed E-state index contributed by atoms with van der Waals surface area (Å²) in [6, 6.07) is 176. The van der Waals surface area contributed by atoms with Crippen molar-refractivity contribution >= 4 is 163 Å². The SMILES string of the molecule is CC1(C)c2ccccc2-c2ccc(Cc3ccccc3)cc21.c1ccc(Cc2ccc3c(c2)oc2ccccc23)cc1.c1ccc(Nc2ccc3oc4ccccc4c3c2)cc1.c1ccc(Nc2ccc3sc4ccccc4c3c2)cc1.c1ccc(Nc2cccc3c2-c2ccccc2C32c3ccccc3-c3ccccc32)cc1.c1ccc(Nc2cccc3c2sc2c4ccccc4ccc32)cc1. The Labute approximate surface area is 811 Å². The van der Waals surface area contributed by atoms with Crippen LogP contribution >= 0.6 is 22.7 Å². The van der Waals surface area contributed by atoms with Gasteiger partial charge in [0.15, 0.2) is 0 Å². The van der Waals surface area contributed by atoms with Gasteiger partial charge in [0.05, 0.1) is 15.8 Å². The number of rotatable bonds is 12. The van der Waals surface area contributed by atoms with Gasteiger partial charge in [-0.15, -0.1) is 22.7 Å². The van der Waals surface area contributed by atoms with E-state index in [9.17, 15) is 0 Å².